The Morgan fingerprint density at radius 1 is 1.09 bits per heavy atom. The third kappa shape index (κ3) is 5.95. The van der Waals surface area contributed by atoms with Gasteiger partial charge in [-0.25, -0.2) is 0 Å². The topological polar surface area (TPSA) is 81.9 Å². The molecule has 0 aliphatic rings. The van der Waals surface area contributed by atoms with Gasteiger partial charge in [-0.1, -0.05) is 47.7 Å². The lowest BCUT2D eigenvalue weighted by atomic mass is 10.2. The Morgan fingerprint density at radius 3 is 2.78 bits per heavy atom. The molecule has 0 unspecified atom stereocenters. The number of aromatic nitrogens is 4. The average Bonchev–Trinajstić information content (AvgIpc) is 3.30. The van der Waals surface area contributed by atoms with E-state index in [0.29, 0.717) is 18.3 Å². The molecule has 1 amide bonds. The Bertz CT molecular complexity index is 1160. The predicted molar refractivity (Wildman–Crippen MR) is 124 cm³/mol. The number of nitrogens with one attached hydrogen (secondary N) is 1. The van der Waals surface area contributed by atoms with Gasteiger partial charge in [0.05, 0.1) is 11.4 Å². The molecule has 0 spiro atoms. The Balaban J connectivity index is 1.27. The van der Waals surface area contributed by atoms with Crippen molar-refractivity contribution < 1.29 is 9.53 Å². The molecule has 7 nitrogen and oxygen atoms in total. The van der Waals surface area contributed by atoms with Gasteiger partial charge < -0.3 is 10.1 Å². The molecule has 4 aromatic rings. The molecule has 0 atom stereocenters. The van der Waals surface area contributed by atoms with Crippen LogP contribution in [0.4, 0.5) is 0 Å². The quantitative estimate of drug-likeness (QED) is 0.393. The van der Waals surface area contributed by atoms with Crippen molar-refractivity contribution >= 4 is 17.7 Å². The van der Waals surface area contributed by atoms with Gasteiger partial charge in [-0.05, 0) is 48.9 Å². The van der Waals surface area contributed by atoms with Gasteiger partial charge in [0.15, 0.2) is 5.16 Å². The molecule has 0 saturated heterocycles. The highest BCUT2D eigenvalue weighted by molar-refractivity contribution is 7.99. The van der Waals surface area contributed by atoms with Crippen molar-refractivity contribution in [3.05, 3.63) is 96.1 Å². The van der Waals surface area contributed by atoms with Gasteiger partial charge in [0.2, 0.25) is 5.91 Å². The van der Waals surface area contributed by atoms with E-state index in [1.807, 2.05) is 78.2 Å². The van der Waals surface area contributed by atoms with E-state index in [-0.39, 0.29) is 11.7 Å². The first kappa shape index (κ1) is 21.6. The van der Waals surface area contributed by atoms with E-state index in [4.69, 9.17) is 4.74 Å². The lowest BCUT2D eigenvalue weighted by molar-refractivity contribution is -0.118. The van der Waals surface area contributed by atoms with Crippen LogP contribution in [-0.4, -0.2) is 31.4 Å². The number of pyridine rings is 1. The lowest BCUT2D eigenvalue weighted by Crippen LogP contribution is -2.24. The molecule has 0 saturated carbocycles. The Kier molecular flexibility index (Phi) is 7.14. The number of hydrogen-bond donors (Lipinski definition) is 1. The van der Waals surface area contributed by atoms with E-state index in [1.165, 1.54) is 17.3 Å². The number of carbonyl (C=O) groups excluding carboxylic acids is 1. The zero-order chi connectivity index (χ0) is 22.2. The van der Waals surface area contributed by atoms with Crippen molar-refractivity contribution in [2.45, 2.75) is 25.2 Å². The van der Waals surface area contributed by atoms with Crippen LogP contribution in [0.25, 0.3) is 5.69 Å². The number of ether oxygens (including phenoxy) is 1. The summed E-state index contributed by atoms with van der Waals surface area (Å²) in [6.45, 7) is 2.86. The molecule has 0 aliphatic carbocycles. The zero-order valence-electron chi connectivity index (χ0n) is 17.6. The first-order valence-electron chi connectivity index (χ1n) is 10.2. The maximum Gasteiger partial charge on any atom is 0.230 e. The summed E-state index contributed by atoms with van der Waals surface area (Å²) in [7, 11) is 0. The second kappa shape index (κ2) is 10.6. The molecular formula is C24H23N5O2S. The van der Waals surface area contributed by atoms with Gasteiger partial charge in [0.1, 0.15) is 18.7 Å². The van der Waals surface area contributed by atoms with Crippen LogP contribution in [0.3, 0.4) is 0 Å². The molecule has 1 N–H and O–H groups in total. The minimum Gasteiger partial charge on any atom is -0.487 e. The summed E-state index contributed by atoms with van der Waals surface area (Å²) in [5.74, 6) is 0.914. The summed E-state index contributed by atoms with van der Waals surface area (Å²) in [6, 6.07) is 21.5. The number of hydrogen-bond acceptors (Lipinski definition) is 6. The monoisotopic (exact) mass is 445 g/mol. The molecule has 2 aromatic heterocycles. The minimum absolute atomic E-state index is 0.0757. The normalized spacial score (nSPS) is 10.7. The van der Waals surface area contributed by atoms with Crippen molar-refractivity contribution in [2.75, 3.05) is 5.75 Å². The smallest absolute Gasteiger partial charge is 0.230 e. The van der Waals surface area contributed by atoms with E-state index < -0.39 is 0 Å². The summed E-state index contributed by atoms with van der Waals surface area (Å²) >= 11 is 1.35. The van der Waals surface area contributed by atoms with Gasteiger partial charge in [-0.2, -0.15) is 0 Å². The molecule has 8 heteroatoms. The highest BCUT2D eigenvalue weighted by Gasteiger charge is 2.10. The van der Waals surface area contributed by atoms with Crippen LogP contribution in [0, 0.1) is 6.92 Å². The number of thioether (sulfide) groups is 1. The fraction of sp³-hybridized carbons (Fsp3) is 0.167. The van der Waals surface area contributed by atoms with Crippen LogP contribution >= 0.6 is 11.8 Å². The Morgan fingerprint density at radius 2 is 1.97 bits per heavy atom. The van der Waals surface area contributed by atoms with Crippen molar-refractivity contribution in [1.82, 2.24) is 25.1 Å². The van der Waals surface area contributed by atoms with Crippen LogP contribution in [0.2, 0.25) is 0 Å². The van der Waals surface area contributed by atoms with Crippen molar-refractivity contribution in [1.29, 1.82) is 0 Å². The molecular weight excluding hydrogens is 422 g/mol. The Labute approximate surface area is 190 Å². The number of aryl methyl sites for hydroxylation is 1. The summed E-state index contributed by atoms with van der Waals surface area (Å²) in [5.41, 5.74) is 3.97. The maximum atomic E-state index is 12.4. The molecule has 2 aromatic carbocycles. The van der Waals surface area contributed by atoms with E-state index in [0.717, 1.165) is 22.7 Å². The molecule has 4 rings (SSSR count). The van der Waals surface area contributed by atoms with Gasteiger partial charge in [-0.15, -0.1) is 10.2 Å². The molecule has 2 heterocycles. The van der Waals surface area contributed by atoms with Crippen LogP contribution in [0.15, 0.2) is 84.4 Å². The Hall–Kier alpha value is -3.65. The van der Waals surface area contributed by atoms with E-state index in [9.17, 15) is 4.79 Å². The third-order valence-corrected chi connectivity index (χ3v) is 5.61. The summed E-state index contributed by atoms with van der Waals surface area (Å²) in [5, 5.41) is 11.7. The highest BCUT2D eigenvalue weighted by atomic mass is 32.2. The second-order valence-corrected chi connectivity index (χ2v) is 8.08. The van der Waals surface area contributed by atoms with Crippen molar-refractivity contribution in [3.8, 4) is 11.4 Å². The number of carbonyl (C=O) groups is 1. The van der Waals surface area contributed by atoms with Crippen LogP contribution in [-0.2, 0) is 17.9 Å². The van der Waals surface area contributed by atoms with Gasteiger partial charge >= 0.3 is 0 Å². The van der Waals surface area contributed by atoms with E-state index in [2.05, 4.69) is 20.5 Å². The summed E-state index contributed by atoms with van der Waals surface area (Å²) in [4.78, 5) is 16.6. The van der Waals surface area contributed by atoms with Crippen molar-refractivity contribution in [2.24, 2.45) is 0 Å². The van der Waals surface area contributed by atoms with Crippen LogP contribution in [0.5, 0.6) is 5.75 Å². The second-order valence-electron chi connectivity index (χ2n) is 7.14. The van der Waals surface area contributed by atoms with Gasteiger partial charge in [-0.3, -0.25) is 14.3 Å². The minimum atomic E-state index is -0.0757. The SMILES string of the molecule is Cc1ccc(-n2cnnc2SCC(=O)NCc2cccc(OCc3ccccn3)c2)cc1. The van der Waals surface area contributed by atoms with Crippen LogP contribution < -0.4 is 10.1 Å². The number of benzene rings is 2. The fourth-order valence-electron chi connectivity index (χ4n) is 2.97. The number of nitrogens with zero attached hydrogens (tertiary/aromatic N) is 4. The molecule has 0 radical (unpaired) electrons. The third-order valence-electron chi connectivity index (χ3n) is 4.66. The average molecular weight is 446 g/mol. The molecule has 162 valence electrons. The van der Waals surface area contributed by atoms with E-state index in [1.54, 1.807) is 12.5 Å². The largest absolute Gasteiger partial charge is 0.487 e. The molecule has 0 fully saturated rings. The first-order chi connectivity index (χ1) is 15.7. The first-order valence-corrected chi connectivity index (χ1v) is 11.1. The van der Waals surface area contributed by atoms with Gasteiger partial charge in [0.25, 0.3) is 0 Å². The van der Waals surface area contributed by atoms with Crippen LogP contribution in [0.1, 0.15) is 16.8 Å². The summed E-state index contributed by atoms with van der Waals surface area (Å²) < 4.78 is 7.68. The molecule has 0 bridgehead atoms. The molecule has 32 heavy (non-hydrogen) atoms. The standard InChI is InChI=1S/C24H23N5O2S/c1-18-8-10-21(11-9-18)29-17-27-28-24(29)32-16-23(30)26-14-19-5-4-7-22(13-19)31-15-20-6-2-3-12-25-20/h2-13,17H,14-16H2,1H3,(H,26,30). The van der Waals surface area contributed by atoms with Crippen molar-refractivity contribution in [3.63, 3.8) is 0 Å². The predicted octanol–water partition coefficient (Wildman–Crippen LogP) is 3.96. The summed E-state index contributed by atoms with van der Waals surface area (Å²) in [6.07, 6.45) is 3.40. The number of rotatable bonds is 9. The lowest BCUT2D eigenvalue weighted by Gasteiger charge is -2.09. The fourth-order valence-corrected chi connectivity index (χ4v) is 3.73. The number of amides is 1. The molecule has 0 aliphatic heterocycles. The zero-order valence-corrected chi connectivity index (χ0v) is 18.5. The highest BCUT2D eigenvalue weighted by Crippen LogP contribution is 2.20. The van der Waals surface area contributed by atoms with E-state index >= 15 is 0 Å². The van der Waals surface area contributed by atoms with Gasteiger partial charge in [0, 0.05) is 18.4 Å². The maximum absolute atomic E-state index is 12.4.